The molecule has 1 aromatic carbocycles. The first-order chi connectivity index (χ1) is 11.1. The van der Waals surface area contributed by atoms with Crippen LogP contribution in [-0.2, 0) is 4.79 Å². The second-order valence-corrected chi connectivity index (χ2v) is 4.93. The molecule has 3 rings (SSSR count). The number of nitrogen functional groups attached to an aromatic ring is 1. The summed E-state index contributed by atoms with van der Waals surface area (Å²) in [6, 6.07) is 7.43. The average Bonchev–Trinajstić information content (AvgIpc) is 3.38. The van der Waals surface area contributed by atoms with Crippen LogP contribution in [0, 0.1) is 11.7 Å². The lowest BCUT2D eigenvalue weighted by atomic mass is 10.3. The van der Waals surface area contributed by atoms with Crippen molar-refractivity contribution in [2.24, 2.45) is 5.92 Å². The summed E-state index contributed by atoms with van der Waals surface area (Å²) in [5, 5.41) is 2.73. The van der Waals surface area contributed by atoms with Gasteiger partial charge in [-0.05, 0) is 31.0 Å². The number of carbonyl (C=O) groups excluding carboxylic acids is 1. The molecule has 0 aliphatic heterocycles. The standard InChI is InChI=1S/C15H14FN3O2.C2H6/c16-12-7-10(3-4-13(12)17)21-11-5-6-18-14(8-11)19-15(20)9-1-2-9;1-2/h3-9H,1-2,17H2,(H,18,19,20);1-2H3. The van der Waals surface area contributed by atoms with E-state index in [4.69, 9.17) is 10.5 Å². The molecule has 2 aromatic rings. The van der Waals surface area contributed by atoms with Gasteiger partial charge in [-0.1, -0.05) is 13.8 Å². The van der Waals surface area contributed by atoms with Gasteiger partial charge in [-0.25, -0.2) is 9.37 Å². The van der Waals surface area contributed by atoms with Crippen molar-refractivity contribution in [2.45, 2.75) is 26.7 Å². The predicted molar refractivity (Wildman–Crippen MR) is 87.8 cm³/mol. The van der Waals surface area contributed by atoms with Crippen molar-refractivity contribution < 1.29 is 13.9 Å². The number of halogens is 1. The van der Waals surface area contributed by atoms with Crippen molar-refractivity contribution in [2.75, 3.05) is 11.1 Å². The molecule has 0 bridgehead atoms. The van der Waals surface area contributed by atoms with E-state index in [2.05, 4.69) is 10.3 Å². The van der Waals surface area contributed by atoms with Gasteiger partial charge in [-0.2, -0.15) is 0 Å². The lowest BCUT2D eigenvalue weighted by Gasteiger charge is -2.08. The van der Waals surface area contributed by atoms with E-state index in [1.54, 1.807) is 18.2 Å². The molecule has 1 aliphatic rings. The summed E-state index contributed by atoms with van der Waals surface area (Å²) in [7, 11) is 0. The minimum atomic E-state index is -0.538. The number of amides is 1. The number of nitrogens with two attached hydrogens (primary N) is 1. The summed E-state index contributed by atoms with van der Waals surface area (Å²) < 4.78 is 18.9. The number of hydrogen-bond donors (Lipinski definition) is 2. The molecular formula is C17H20FN3O2. The number of rotatable bonds is 4. The maximum Gasteiger partial charge on any atom is 0.228 e. The van der Waals surface area contributed by atoms with Crippen LogP contribution < -0.4 is 15.8 Å². The highest BCUT2D eigenvalue weighted by Crippen LogP contribution is 2.30. The van der Waals surface area contributed by atoms with Crippen LogP contribution in [0.3, 0.4) is 0 Å². The zero-order valence-corrected chi connectivity index (χ0v) is 13.2. The zero-order valence-electron chi connectivity index (χ0n) is 13.2. The van der Waals surface area contributed by atoms with E-state index in [0.717, 1.165) is 12.8 Å². The van der Waals surface area contributed by atoms with Gasteiger partial charge in [0.25, 0.3) is 0 Å². The van der Waals surface area contributed by atoms with Gasteiger partial charge in [0.15, 0.2) is 0 Å². The third kappa shape index (κ3) is 4.67. The summed E-state index contributed by atoms with van der Waals surface area (Å²) in [4.78, 5) is 15.7. The van der Waals surface area contributed by atoms with Gasteiger partial charge in [0, 0.05) is 24.2 Å². The Bertz CT molecular complexity index is 687. The molecule has 1 fully saturated rings. The fourth-order valence-corrected chi connectivity index (χ4v) is 1.82. The SMILES string of the molecule is CC.Nc1ccc(Oc2ccnc(NC(=O)C3CC3)c2)cc1F. The minimum Gasteiger partial charge on any atom is -0.457 e. The van der Waals surface area contributed by atoms with E-state index in [1.807, 2.05) is 13.8 Å². The van der Waals surface area contributed by atoms with E-state index < -0.39 is 5.82 Å². The number of ether oxygens (including phenoxy) is 1. The largest absolute Gasteiger partial charge is 0.457 e. The first-order valence-electron chi connectivity index (χ1n) is 7.61. The highest BCUT2D eigenvalue weighted by molar-refractivity contribution is 5.93. The van der Waals surface area contributed by atoms with Gasteiger partial charge < -0.3 is 15.8 Å². The topological polar surface area (TPSA) is 77.2 Å². The molecule has 1 heterocycles. The number of pyridine rings is 1. The molecule has 122 valence electrons. The van der Waals surface area contributed by atoms with Crippen LogP contribution in [0.25, 0.3) is 0 Å². The van der Waals surface area contributed by atoms with Gasteiger partial charge in [0.2, 0.25) is 5.91 Å². The van der Waals surface area contributed by atoms with Crippen LogP contribution in [0.4, 0.5) is 15.9 Å². The molecule has 1 aliphatic carbocycles. The molecule has 1 aromatic heterocycles. The Labute approximate surface area is 134 Å². The van der Waals surface area contributed by atoms with Crippen molar-refractivity contribution in [3.63, 3.8) is 0 Å². The molecule has 0 saturated heterocycles. The Hall–Kier alpha value is -2.63. The number of nitrogens with one attached hydrogen (secondary N) is 1. The number of nitrogens with zero attached hydrogens (tertiary/aromatic N) is 1. The molecule has 0 atom stereocenters. The molecule has 1 saturated carbocycles. The molecule has 0 unspecified atom stereocenters. The second-order valence-electron chi connectivity index (χ2n) is 4.93. The van der Waals surface area contributed by atoms with Crippen LogP contribution in [0.2, 0.25) is 0 Å². The van der Waals surface area contributed by atoms with Crippen LogP contribution in [-0.4, -0.2) is 10.9 Å². The third-order valence-corrected chi connectivity index (χ3v) is 3.14. The quantitative estimate of drug-likeness (QED) is 0.836. The predicted octanol–water partition coefficient (Wildman–Crippen LogP) is 3.97. The van der Waals surface area contributed by atoms with Gasteiger partial charge in [-0.3, -0.25) is 4.79 Å². The van der Waals surface area contributed by atoms with E-state index in [1.165, 1.54) is 18.3 Å². The van der Waals surface area contributed by atoms with E-state index >= 15 is 0 Å². The van der Waals surface area contributed by atoms with Crippen molar-refractivity contribution in [1.29, 1.82) is 0 Å². The first-order valence-corrected chi connectivity index (χ1v) is 7.61. The van der Waals surface area contributed by atoms with Crippen molar-refractivity contribution in [3.8, 4) is 11.5 Å². The smallest absolute Gasteiger partial charge is 0.228 e. The van der Waals surface area contributed by atoms with Gasteiger partial charge in [-0.15, -0.1) is 0 Å². The van der Waals surface area contributed by atoms with Gasteiger partial charge in [0.1, 0.15) is 23.1 Å². The lowest BCUT2D eigenvalue weighted by molar-refractivity contribution is -0.117. The molecule has 3 N–H and O–H groups in total. The number of benzene rings is 1. The summed E-state index contributed by atoms with van der Waals surface area (Å²) in [6.45, 7) is 4.00. The maximum atomic E-state index is 13.4. The van der Waals surface area contributed by atoms with Gasteiger partial charge >= 0.3 is 0 Å². The average molecular weight is 317 g/mol. The van der Waals surface area contributed by atoms with Crippen LogP contribution in [0.1, 0.15) is 26.7 Å². The maximum absolute atomic E-state index is 13.4. The number of anilines is 2. The highest BCUT2D eigenvalue weighted by Gasteiger charge is 2.29. The molecular weight excluding hydrogens is 297 g/mol. The fraction of sp³-hybridized carbons (Fsp3) is 0.294. The Morgan fingerprint density at radius 2 is 1.96 bits per heavy atom. The third-order valence-electron chi connectivity index (χ3n) is 3.14. The molecule has 1 amide bonds. The van der Waals surface area contributed by atoms with E-state index in [-0.39, 0.29) is 17.5 Å². The highest BCUT2D eigenvalue weighted by atomic mass is 19.1. The van der Waals surface area contributed by atoms with Crippen molar-refractivity contribution in [3.05, 3.63) is 42.3 Å². The Balaban J connectivity index is 0.000000924. The lowest BCUT2D eigenvalue weighted by Crippen LogP contribution is -2.14. The molecule has 6 heteroatoms. The number of hydrogen-bond acceptors (Lipinski definition) is 4. The fourth-order valence-electron chi connectivity index (χ4n) is 1.82. The molecule has 0 radical (unpaired) electrons. The van der Waals surface area contributed by atoms with Crippen molar-refractivity contribution >= 4 is 17.4 Å². The molecule has 23 heavy (non-hydrogen) atoms. The monoisotopic (exact) mass is 317 g/mol. The summed E-state index contributed by atoms with van der Waals surface area (Å²) >= 11 is 0. The van der Waals surface area contributed by atoms with Crippen LogP contribution in [0.5, 0.6) is 11.5 Å². The second kappa shape index (κ2) is 7.58. The van der Waals surface area contributed by atoms with E-state index in [0.29, 0.717) is 17.3 Å². The molecule has 5 nitrogen and oxygen atoms in total. The van der Waals surface area contributed by atoms with Gasteiger partial charge in [0.05, 0.1) is 5.69 Å². The Morgan fingerprint density at radius 3 is 2.61 bits per heavy atom. The Kier molecular flexibility index (Phi) is 5.51. The first kappa shape index (κ1) is 16.7. The number of carbonyl (C=O) groups is 1. The summed E-state index contributed by atoms with van der Waals surface area (Å²) in [6.07, 6.45) is 3.37. The number of aromatic nitrogens is 1. The summed E-state index contributed by atoms with van der Waals surface area (Å²) in [5.74, 6) is 0.734. The van der Waals surface area contributed by atoms with Crippen molar-refractivity contribution in [1.82, 2.24) is 4.98 Å². The molecule has 0 spiro atoms. The summed E-state index contributed by atoms with van der Waals surface area (Å²) in [5.41, 5.74) is 5.47. The minimum absolute atomic E-state index is 0.0295. The Morgan fingerprint density at radius 1 is 1.26 bits per heavy atom. The zero-order chi connectivity index (χ0) is 16.8. The van der Waals surface area contributed by atoms with Crippen LogP contribution >= 0.6 is 0 Å². The normalized spacial score (nSPS) is 12.8. The van der Waals surface area contributed by atoms with E-state index in [9.17, 15) is 9.18 Å². The van der Waals surface area contributed by atoms with Crippen LogP contribution in [0.15, 0.2) is 36.5 Å².